The molecule has 3 atom stereocenters. The summed E-state index contributed by atoms with van der Waals surface area (Å²) in [6, 6.07) is 5.77. The molecule has 0 spiro atoms. The molecule has 3 aromatic heterocycles. The highest BCUT2D eigenvalue weighted by molar-refractivity contribution is 5.95. The van der Waals surface area contributed by atoms with Gasteiger partial charge >= 0.3 is 0 Å². The summed E-state index contributed by atoms with van der Waals surface area (Å²) in [4.78, 5) is 26.0. The van der Waals surface area contributed by atoms with Crippen molar-refractivity contribution in [3.63, 3.8) is 0 Å². The molecule has 176 valence electrons. The molecule has 1 saturated heterocycles. The number of fused-ring (bicyclic) bond motifs is 3. The second kappa shape index (κ2) is 8.00. The minimum absolute atomic E-state index is 0.157. The molecule has 9 nitrogen and oxygen atoms in total. The van der Waals surface area contributed by atoms with Gasteiger partial charge in [-0.05, 0) is 42.4 Å². The second-order valence-corrected chi connectivity index (χ2v) is 9.28. The molecule has 1 amide bonds. The normalized spacial score (nSPS) is 22.2. The number of likely N-dealkylation sites (tertiary alicyclic amines) is 1. The average Bonchev–Trinajstić information content (AvgIpc) is 3.55. The molecule has 1 saturated carbocycles. The highest BCUT2D eigenvalue weighted by Crippen LogP contribution is 2.39. The van der Waals surface area contributed by atoms with Crippen molar-refractivity contribution in [1.82, 2.24) is 34.8 Å². The van der Waals surface area contributed by atoms with E-state index in [0.717, 1.165) is 42.4 Å². The SMILES string of the molecule is CC(=O)N1C[C@H]2C[C@H](Nc3ncc4c(-c5ccc6nnn(CC(F)F)c6c5)c[nH]c4n3)C[C@H]2C1. The molecular formula is C23H24F2N8O. The summed E-state index contributed by atoms with van der Waals surface area (Å²) in [7, 11) is 0. The van der Waals surface area contributed by atoms with Gasteiger partial charge in [0, 0.05) is 49.4 Å². The predicted molar refractivity (Wildman–Crippen MR) is 122 cm³/mol. The zero-order valence-corrected chi connectivity index (χ0v) is 18.6. The molecular weight excluding hydrogens is 442 g/mol. The Morgan fingerprint density at radius 3 is 2.79 bits per heavy atom. The summed E-state index contributed by atoms with van der Waals surface area (Å²) in [5, 5.41) is 12.1. The van der Waals surface area contributed by atoms with Crippen LogP contribution in [0.5, 0.6) is 0 Å². The molecule has 2 N–H and O–H groups in total. The Morgan fingerprint density at radius 2 is 2.06 bits per heavy atom. The van der Waals surface area contributed by atoms with Crippen molar-refractivity contribution in [2.24, 2.45) is 11.8 Å². The van der Waals surface area contributed by atoms with Gasteiger partial charge in [-0.2, -0.15) is 4.98 Å². The van der Waals surface area contributed by atoms with E-state index < -0.39 is 13.0 Å². The van der Waals surface area contributed by atoms with E-state index in [-0.39, 0.29) is 5.91 Å². The van der Waals surface area contributed by atoms with Crippen molar-refractivity contribution in [1.29, 1.82) is 0 Å². The number of halogens is 2. The van der Waals surface area contributed by atoms with Gasteiger partial charge in [-0.25, -0.2) is 18.4 Å². The molecule has 6 rings (SSSR count). The number of hydrogen-bond acceptors (Lipinski definition) is 6. The Hall–Kier alpha value is -3.63. The summed E-state index contributed by atoms with van der Waals surface area (Å²) >= 11 is 0. The standard InChI is InChI=1S/C23H24F2N8O/c1-12(34)32-9-14-4-16(5-15(14)10-32)28-23-27-8-18-17(7-26-22(18)29-23)13-2-3-19-20(6-13)33(31-30-19)11-21(24)25/h2-3,6-8,14-16,21H,4-5,9-11H2,1H3,(H2,26,27,28,29)/t14-,15+,16+. The number of aromatic nitrogens is 6. The summed E-state index contributed by atoms with van der Waals surface area (Å²) in [6.07, 6.45) is 3.14. The Morgan fingerprint density at radius 1 is 1.26 bits per heavy atom. The number of nitrogens with one attached hydrogen (secondary N) is 2. The summed E-state index contributed by atoms with van der Waals surface area (Å²) in [5.41, 5.74) is 3.56. The van der Waals surface area contributed by atoms with Gasteiger partial charge in [0.15, 0.2) is 0 Å². The fourth-order valence-corrected chi connectivity index (χ4v) is 5.47. The number of rotatable bonds is 5. The van der Waals surface area contributed by atoms with Crippen LogP contribution in [0.3, 0.4) is 0 Å². The molecule has 1 aliphatic carbocycles. The molecule has 4 aromatic rings. The Kier molecular flexibility index (Phi) is 4.93. The molecule has 1 aliphatic heterocycles. The molecule has 2 fully saturated rings. The minimum atomic E-state index is -2.51. The van der Waals surface area contributed by atoms with Crippen molar-refractivity contribution in [2.45, 2.75) is 38.8 Å². The van der Waals surface area contributed by atoms with E-state index in [2.05, 4.69) is 30.6 Å². The van der Waals surface area contributed by atoms with Gasteiger partial charge in [0.05, 0.1) is 5.52 Å². The molecule has 0 radical (unpaired) electrons. The Bertz CT molecular complexity index is 1370. The summed E-state index contributed by atoms with van der Waals surface area (Å²) in [5.74, 6) is 1.79. The third kappa shape index (κ3) is 3.64. The fourth-order valence-electron chi connectivity index (χ4n) is 5.47. The number of H-pyrrole nitrogens is 1. The van der Waals surface area contributed by atoms with Gasteiger partial charge in [0.2, 0.25) is 11.9 Å². The van der Waals surface area contributed by atoms with E-state index in [4.69, 9.17) is 0 Å². The first-order chi connectivity index (χ1) is 16.4. The third-order valence-electron chi connectivity index (χ3n) is 7.10. The molecule has 4 heterocycles. The van der Waals surface area contributed by atoms with Crippen LogP contribution in [0, 0.1) is 11.8 Å². The lowest BCUT2D eigenvalue weighted by molar-refractivity contribution is -0.128. The molecule has 0 bridgehead atoms. The van der Waals surface area contributed by atoms with E-state index in [9.17, 15) is 13.6 Å². The number of amides is 1. The largest absolute Gasteiger partial charge is 0.351 e. The number of carbonyl (C=O) groups is 1. The van der Waals surface area contributed by atoms with Crippen molar-refractivity contribution in [2.75, 3.05) is 18.4 Å². The van der Waals surface area contributed by atoms with Crippen molar-refractivity contribution < 1.29 is 13.6 Å². The van der Waals surface area contributed by atoms with Crippen molar-refractivity contribution >= 4 is 33.9 Å². The lowest BCUT2D eigenvalue weighted by Crippen LogP contribution is -2.29. The van der Waals surface area contributed by atoms with Crippen molar-refractivity contribution in [3.8, 4) is 11.1 Å². The Balaban J connectivity index is 1.21. The maximum Gasteiger partial charge on any atom is 0.258 e. The molecule has 34 heavy (non-hydrogen) atoms. The van der Waals surface area contributed by atoms with E-state index in [1.165, 1.54) is 4.68 Å². The van der Waals surface area contributed by atoms with Crippen LogP contribution in [0.25, 0.3) is 33.2 Å². The monoisotopic (exact) mass is 466 g/mol. The maximum absolute atomic E-state index is 12.9. The van der Waals surface area contributed by atoms with Gasteiger partial charge in [-0.3, -0.25) is 4.79 Å². The van der Waals surface area contributed by atoms with E-state index in [1.807, 2.05) is 23.2 Å². The van der Waals surface area contributed by atoms with E-state index in [0.29, 0.717) is 40.5 Å². The minimum Gasteiger partial charge on any atom is -0.351 e. The lowest BCUT2D eigenvalue weighted by Gasteiger charge is -2.18. The number of benzene rings is 1. The first kappa shape index (κ1) is 20.9. The number of hydrogen-bond donors (Lipinski definition) is 2. The summed E-state index contributed by atoms with van der Waals surface area (Å²) in [6.45, 7) is 2.82. The van der Waals surface area contributed by atoms with Crippen LogP contribution in [-0.2, 0) is 11.3 Å². The average molecular weight is 466 g/mol. The summed E-state index contributed by atoms with van der Waals surface area (Å²) < 4.78 is 27.0. The van der Waals surface area contributed by atoms with Crippen molar-refractivity contribution in [3.05, 3.63) is 30.6 Å². The highest BCUT2D eigenvalue weighted by atomic mass is 19.3. The topological polar surface area (TPSA) is 105 Å². The molecule has 11 heteroatoms. The van der Waals surface area contributed by atoms with Gasteiger partial charge < -0.3 is 15.2 Å². The number of aromatic amines is 1. The first-order valence-corrected chi connectivity index (χ1v) is 11.4. The Labute approximate surface area is 193 Å². The van der Waals surface area contributed by atoms with Gasteiger partial charge in [-0.15, -0.1) is 5.10 Å². The molecule has 0 unspecified atom stereocenters. The molecule has 2 aliphatic rings. The number of alkyl halides is 2. The number of carbonyl (C=O) groups excluding carboxylic acids is 1. The van der Waals surface area contributed by atoms with E-state index in [1.54, 1.807) is 19.2 Å². The van der Waals surface area contributed by atoms with Crippen LogP contribution in [0.2, 0.25) is 0 Å². The highest BCUT2D eigenvalue weighted by Gasteiger charge is 2.41. The number of nitrogens with zero attached hydrogens (tertiary/aromatic N) is 6. The fraction of sp³-hybridized carbons (Fsp3) is 0.435. The van der Waals surface area contributed by atoms with Crippen LogP contribution in [0.1, 0.15) is 19.8 Å². The van der Waals surface area contributed by atoms with Crippen LogP contribution >= 0.6 is 0 Å². The quantitative estimate of drug-likeness (QED) is 0.468. The van der Waals surface area contributed by atoms with Crippen LogP contribution in [-0.4, -0.2) is 66.3 Å². The predicted octanol–water partition coefficient (Wildman–Crippen LogP) is 3.30. The van der Waals surface area contributed by atoms with Gasteiger partial charge in [0.25, 0.3) is 6.43 Å². The van der Waals surface area contributed by atoms with Crippen LogP contribution in [0.15, 0.2) is 30.6 Å². The maximum atomic E-state index is 12.9. The number of anilines is 1. The zero-order valence-electron chi connectivity index (χ0n) is 18.6. The zero-order chi connectivity index (χ0) is 23.4. The first-order valence-electron chi connectivity index (χ1n) is 11.4. The van der Waals surface area contributed by atoms with Gasteiger partial charge in [-0.1, -0.05) is 11.3 Å². The smallest absolute Gasteiger partial charge is 0.258 e. The third-order valence-corrected chi connectivity index (χ3v) is 7.10. The van der Waals surface area contributed by atoms with Crippen LogP contribution < -0.4 is 5.32 Å². The lowest BCUT2D eigenvalue weighted by atomic mass is 10.0. The molecule has 1 aromatic carbocycles. The van der Waals surface area contributed by atoms with E-state index >= 15 is 0 Å². The van der Waals surface area contributed by atoms with Gasteiger partial charge in [0.1, 0.15) is 17.7 Å². The second-order valence-electron chi connectivity index (χ2n) is 9.28. The van der Waals surface area contributed by atoms with Crippen LogP contribution in [0.4, 0.5) is 14.7 Å².